The lowest BCUT2D eigenvalue weighted by atomic mass is 9.71. The van der Waals surface area contributed by atoms with Crippen LogP contribution in [-0.2, 0) is 6.42 Å². The zero-order chi connectivity index (χ0) is 24.2. The Morgan fingerprint density at radius 3 is 1.89 bits per heavy atom. The minimum atomic E-state index is 0.294. The average molecular weight is 471 g/mol. The van der Waals surface area contributed by atoms with E-state index in [1.807, 2.05) is 0 Å². The quantitative estimate of drug-likeness (QED) is 0.266. The van der Waals surface area contributed by atoms with Gasteiger partial charge in [-0.1, -0.05) is 115 Å². The lowest BCUT2D eigenvalue weighted by molar-refractivity contribution is 0.0215. The van der Waals surface area contributed by atoms with Gasteiger partial charge in [0.25, 0.3) is 0 Å². The van der Waals surface area contributed by atoms with Crippen LogP contribution >= 0.6 is 0 Å². The molecule has 180 valence electrons. The fraction of sp³-hybridized carbons (Fsp3) is 0.265. The molecule has 0 unspecified atom stereocenters. The molecule has 0 N–H and O–H groups in total. The first kappa shape index (κ1) is 22.9. The second-order valence-electron chi connectivity index (χ2n) is 10.3. The molecular formula is C34H34N2. The Kier molecular flexibility index (Phi) is 6.78. The van der Waals surface area contributed by atoms with E-state index in [1.165, 1.54) is 53.7 Å². The third kappa shape index (κ3) is 4.79. The molecule has 0 aliphatic carbocycles. The molecule has 2 bridgehead atoms. The van der Waals surface area contributed by atoms with Gasteiger partial charge in [0, 0.05) is 18.2 Å². The second-order valence-corrected chi connectivity index (χ2v) is 10.3. The van der Waals surface area contributed by atoms with Crippen molar-refractivity contribution in [2.45, 2.75) is 37.3 Å². The van der Waals surface area contributed by atoms with Gasteiger partial charge in [0.2, 0.25) is 0 Å². The maximum atomic E-state index is 5.43. The van der Waals surface area contributed by atoms with Gasteiger partial charge in [-0.25, -0.2) is 0 Å². The Hall–Kier alpha value is -3.49. The van der Waals surface area contributed by atoms with Crippen molar-refractivity contribution in [1.29, 1.82) is 0 Å². The molecule has 4 aromatic rings. The molecular weight excluding hydrogens is 436 g/mol. The summed E-state index contributed by atoms with van der Waals surface area (Å²) in [5.41, 5.74) is 6.71. The third-order valence-electron chi connectivity index (χ3n) is 8.17. The predicted molar refractivity (Wildman–Crippen MR) is 150 cm³/mol. The maximum Gasteiger partial charge on any atom is 0.0693 e. The first-order valence-electron chi connectivity index (χ1n) is 13.4. The summed E-state index contributed by atoms with van der Waals surface area (Å²) in [6.07, 6.45) is 5.62. The average Bonchev–Trinajstić information content (AvgIpc) is 2.95. The van der Waals surface area contributed by atoms with Gasteiger partial charge in [0.05, 0.1) is 6.04 Å². The lowest BCUT2D eigenvalue weighted by Gasteiger charge is -2.52. The van der Waals surface area contributed by atoms with Gasteiger partial charge < -0.3 is 0 Å². The Morgan fingerprint density at radius 2 is 1.25 bits per heavy atom. The molecule has 4 aromatic carbocycles. The normalized spacial score (nSPS) is 23.4. The number of hydrogen-bond acceptors (Lipinski definition) is 2. The van der Waals surface area contributed by atoms with Gasteiger partial charge in [0.1, 0.15) is 0 Å². The van der Waals surface area contributed by atoms with Gasteiger partial charge in [-0.15, -0.1) is 0 Å². The monoisotopic (exact) mass is 470 g/mol. The molecule has 7 rings (SSSR count). The van der Waals surface area contributed by atoms with Crippen molar-refractivity contribution >= 4 is 6.21 Å². The maximum absolute atomic E-state index is 5.43. The SMILES string of the molecule is C(=N[C@@H]1C2CCN(CC2)[C@@H]1C(c1ccccc1)c1ccccc1)c1ccccc1Cc1ccccc1. The van der Waals surface area contributed by atoms with E-state index in [9.17, 15) is 0 Å². The zero-order valence-corrected chi connectivity index (χ0v) is 20.8. The summed E-state index contributed by atoms with van der Waals surface area (Å²) >= 11 is 0. The van der Waals surface area contributed by atoms with Gasteiger partial charge in [-0.05, 0) is 66.1 Å². The van der Waals surface area contributed by atoms with E-state index >= 15 is 0 Å². The van der Waals surface area contributed by atoms with E-state index < -0.39 is 0 Å². The van der Waals surface area contributed by atoms with Gasteiger partial charge in [0.15, 0.2) is 0 Å². The van der Waals surface area contributed by atoms with Crippen LogP contribution < -0.4 is 0 Å². The van der Waals surface area contributed by atoms with Crippen LogP contribution in [0.15, 0.2) is 120 Å². The number of piperidine rings is 3. The summed E-state index contributed by atoms with van der Waals surface area (Å²) in [7, 11) is 0. The molecule has 3 aliphatic heterocycles. The Labute approximate surface area is 215 Å². The van der Waals surface area contributed by atoms with E-state index in [-0.39, 0.29) is 0 Å². The molecule has 0 amide bonds. The van der Waals surface area contributed by atoms with Crippen LogP contribution in [0.2, 0.25) is 0 Å². The van der Waals surface area contributed by atoms with Gasteiger partial charge in [-0.2, -0.15) is 0 Å². The van der Waals surface area contributed by atoms with Crippen molar-refractivity contribution in [3.8, 4) is 0 Å². The van der Waals surface area contributed by atoms with Crippen LogP contribution in [0.5, 0.6) is 0 Å². The van der Waals surface area contributed by atoms with Crippen molar-refractivity contribution in [2.75, 3.05) is 13.1 Å². The Bertz CT molecular complexity index is 1240. The minimum absolute atomic E-state index is 0.294. The largest absolute Gasteiger partial charge is 0.297 e. The number of fused-ring (bicyclic) bond motifs is 3. The molecule has 3 heterocycles. The summed E-state index contributed by atoms with van der Waals surface area (Å²) < 4.78 is 0. The molecule has 3 saturated heterocycles. The van der Waals surface area contributed by atoms with E-state index in [0.717, 1.165) is 6.42 Å². The van der Waals surface area contributed by atoms with E-state index in [0.29, 0.717) is 23.9 Å². The number of hydrogen-bond donors (Lipinski definition) is 0. The summed E-state index contributed by atoms with van der Waals surface area (Å²) in [4.78, 5) is 8.15. The summed E-state index contributed by atoms with van der Waals surface area (Å²) in [5, 5.41) is 0. The number of rotatable bonds is 7. The lowest BCUT2D eigenvalue weighted by Crippen LogP contribution is -2.59. The summed E-state index contributed by atoms with van der Waals surface area (Å²) in [6.45, 7) is 2.37. The van der Waals surface area contributed by atoms with Gasteiger partial charge >= 0.3 is 0 Å². The minimum Gasteiger partial charge on any atom is -0.297 e. The summed E-state index contributed by atoms with van der Waals surface area (Å²) in [6, 6.07) is 42.4. The van der Waals surface area contributed by atoms with Crippen LogP contribution in [0.3, 0.4) is 0 Å². The highest BCUT2D eigenvalue weighted by atomic mass is 15.2. The van der Waals surface area contributed by atoms with Crippen LogP contribution in [0, 0.1) is 5.92 Å². The molecule has 2 atom stereocenters. The number of benzene rings is 4. The second kappa shape index (κ2) is 10.6. The fourth-order valence-corrected chi connectivity index (χ4v) is 6.38. The molecule has 3 fully saturated rings. The predicted octanol–water partition coefficient (Wildman–Crippen LogP) is 6.99. The highest BCUT2D eigenvalue weighted by molar-refractivity contribution is 5.82. The zero-order valence-electron chi connectivity index (χ0n) is 20.8. The highest BCUT2D eigenvalue weighted by Gasteiger charge is 2.46. The topological polar surface area (TPSA) is 15.6 Å². The Balaban J connectivity index is 1.36. The molecule has 36 heavy (non-hydrogen) atoms. The van der Waals surface area contributed by atoms with Crippen LogP contribution in [-0.4, -0.2) is 36.3 Å². The standard InChI is InChI=1S/C34H34N2/c1-4-12-26(13-5-1)24-30-18-10-11-19-31(30)25-35-33-29-20-22-36(23-21-29)34(33)32(27-14-6-2-7-15-27)28-16-8-3-9-17-28/h1-19,25,29,32-34H,20-24H2/t33-,34-/m1/s1. The van der Waals surface area contributed by atoms with Crippen molar-refractivity contribution < 1.29 is 0 Å². The van der Waals surface area contributed by atoms with Crippen molar-refractivity contribution in [1.82, 2.24) is 4.90 Å². The number of nitrogens with zero attached hydrogens (tertiary/aromatic N) is 2. The van der Waals surface area contributed by atoms with E-state index in [4.69, 9.17) is 4.99 Å². The fourth-order valence-electron chi connectivity index (χ4n) is 6.38. The molecule has 3 aliphatic rings. The molecule has 0 saturated carbocycles. The highest BCUT2D eigenvalue weighted by Crippen LogP contribution is 2.43. The van der Waals surface area contributed by atoms with Crippen molar-refractivity contribution in [2.24, 2.45) is 10.9 Å². The van der Waals surface area contributed by atoms with Crippen LogP contribution in [0.25, 0.3) is 0 Å². The molecule has 0 spiro atoms. The van der Waals surface area contributed by atoms with Crippen LogP contribution in [0.1, 0.15) is 46.6 Å². The first-order valence-corrected chi connectivity index (χ1v) is 13.4. The molecule has 2 heteroatoms. The smallest absolute Gasteiger partial charge is 0.0693 e. The van der Waals surface area contributed by atoms with E-state index in [1.54, 1.807) is 0 Å². The Morgan fingerprint density at radius 1 is 0.694 bits per heavy atom. The number of aliphatic imine (C=N–C) groups is 1. The first-order chi connectivity index (χ1) is 17.9. The summed E-state index contributed by atoms with van der Waals surface area (Å²) in [5.74, 6) is 0.963. The van der Waals surface area contributed by atoms with Crippen molar-refractivity contribution in [3.05, 3.63) is 143 Å². The van der Waals surface area contributed by atoms with Crippen molar-refractivity contribution in [3.63, 3.8) is 0 Å². The van der Waals surface area contributed by atoms with Crippen LogP contribution in [0.4, 0.5) is 0 Å². The molecule has 2 nitrogen and oxygen atoms in total. The third-order valence-corrected chi connectivity index (χ3v) is 8.17. The molecule has 0 aromatic heterocycles. The van der Waals surface area contributed by atoms with Gasteiger partial charge in [-0.3, -0.25) is 9.89 Å². The molecule has 0 radical (unpaired) electrons. The van der Waals surface area contributed by atoms with E-state index in [2.05, 4.69) is 126 Å².